The Balaban J connectivity index is 1.91. The van der Waals surface area contributed by atoms with Crippen molar-refractivity contribution in [1.29, 1.82) is 0 Å². The van der Waals surface area contributed by atoms with Crippen molar-refractivity contribution in [3.05, 3.63) is 118 Å². The van der Waals surface area contributed by atoms with Crippen LogP contribution in [0.3, 0.4) is 0 Å². The summed E-state index contributed by atoms with van der Waals surface area (Å²) in [5.74, 6) is 0.208. The van der Waals surface area contributed by atoms with E-state index in [1.54, 1.807) is 6.08 Å². The molecular formula is C26H20O5. The van der Waals surface area contributed by atoms with Gasteiger partial charge in [0, 0.05) is 11.1 Å². The molecule has 0 saturated heterocycles. The zero-order valence-electron chi connectivity index (χ0n) is 17.1. The fourth-order valence-corrected chi connectivity index (χ4v) is 3.41. The van der Waals surface area contributed by atoms with Gasteiger partial charge in [-0.3, -0.25) is 0 Å². The monoisotopic (exact) mass is 412 g/mol. The Hall–Kier alpha value is -4.12. The fraction of sp³-hybridized carbons (Fsp3) is 0.0769. The first-order valence-corrected chi connectivity index (χ1v) is 9.67. The van der Waals surface area contributed by atoms with Crippen molar-refractivity contribution in [3.63, 3.8) is 0 Å². The van der Waals surface area contributed by atoms with Crippen LogP contribution in [0.1, 0.15) is 11.1 Å². The van der Waals surface area contributed by atoms with Crippen molar-refractivity contribution in [2.45, 2.75) is 0 Å². The molecule has 0 bridgehead atoms. The second-order valence-electron chi connectivity index (χ2n) is 6.86. The number of benzene rings is 2. The molecule has 0 saturated carbocycles. The summed E-state index contributed by atoms with van der Waals surface area (Å²) in [6, 6.07) is 19.4. The highest BCUT2D eigenvalue weighted by molar-refractivity contribution is 6.04. The molecule has 5 nitrogen and oxygen atoms in total. The Morgan fingerprint density at radius 2 is 1.19 bits per heavy atom. The van der Waals surface area contributed by atoms with Gasteiger partial charge >= 0.3 is 11.9 Å². The lowest BCUT2D eigenvalue weighted by molar-refractivity contribution is -0.136. The Morgan fingerprint density at radius 3 is 1.68 bits per heavy atom. The first kappa shape index (κ1) is 20.2. The molecule has 1 aliphatic heterocycles. The topological polar surface area (TPSA) is 61.8 Å². The number of carbonyl (C=O) groups is 2. The highest BCUT2D eigenvalue weighted by Crippen LogP contribution is 2.37. The van der Waals surface area contributed by atoms with Crippen LogP contribution in [0.5, 0.6) is 0 Å². The lowest BCUT2D eigenvalue weighted by Gasteiger charge is -2.20. The molecule has 2 aromatic carbocycles. The fourth-order valence-electron chi connectivity index (χ4n) is 3.41. The summed E-state index contributed by atoms with van der Waals surface area (Å²) >= 11 is 0. The van der Waals surface area contributed by atoms with Gasteiger partial charge in [-0.05, 0) is 35.5 Å². The van der Waals surface area contributed by atoms with Crippen LogP contribution in [0.25, 0.3) is 11.5 Å². The molecule has 1 heterocycles. The smallest absolute Gasteiger partial charge is 0.338 e. The minimum Gasteiger partial charge on any atom is -0.465 e. The lowest BCUT2D eigenvalue weighted by atomic mass is 9.97. The Kier molecular flexibility index (Phi) is 5.67. The van der Waals surface area contributed by atoms with Gasteiger partial charge in [-0.15, -0.1) is 0 Å². The van der Waals surface area contributed by atoms with Crippen LogP contribution in [-0.4, -0.2) is 26.2 Å². The van der Waals surface area contributed by atoms with Crippen molar-refractivity contribution < 1.29 is 23.8 Å². The van der Waals surface area contributed by atoms with Crippen molar-refractivity contribution in [2.75, 3.05) is 14.2 Å². The van der Waals surface area contributed by atoms with E-state index < -0.39 is 11.9 Å². The molecular weight excluding hydrogens is 392 g/mol. The van der Waals surface area contributed by atoms with E-state index >= 15 is 0 Å². The number of rotatable bonds is 4. The van der Waals surface area contributed by atoms with Crippen LogP contribution < -0.4 is 0 Å². The number of esters is 2. The van der Waals surface area contributed by atoms with E-state index in [1.165, 1.54) is 20.3 Å². The van der Waals surface area contributed by atoms with Crippen LogP contribution >= 0.6 is 0 Å². The van der Waals surface area contributed by atoms with Crippen LogP contribution in [-0.2, 0) is 23.8 Å². The third-order valence-corrected chi connectivity index (χ3v) is 4.94. The average Bonchev–Trinajstić information content (AvgIpc) is 3.29. The zero-order valence-corrected chi connectivity index (χ0v) is 17.1. The molecule has 0 atom stereocenters. The van der Waals surface area contributed by atoms with E-state index in [2.05, 4.69) is 0 Å². The molecule has 0 unspecified atom stereocenters. The number of carbonyl (C=O) groups excluding carboxylic acids is 2. The molecule has 0 aromatic heterocycles. The van der Waals surface area contributed by atoms with E-state index in [0.29, 0.717) is 17.1 Å². The maximum absolute atomic E-state index is 12.4. The number of allylic oxidation sites excluding steroid dienone is 4. The van der Waals surface area contributed by atoms with Gasteiger partial charge in [-0.25, -0.2) is 9.59 Å². The third-order valence-electron chi connectivity index (χ3n) is 4.94. The van der Waals surface area contributed by atoms with Crippen molar-refractivity contribution in [2.24, 2.45) is 0 Å². The van der Waals surface area contributed by atoms with Crippen LogP contribution in [0.2, 0.25) is 0 Å². The molecule has 0 radical (unpaired) electrons. The first-order valence-electron chi connectivity index (χ1n) is 9.67. The molecule has 0 spiro atoms. The van der Waals surface area contributed by atoms with Crippen molar-refractivity contribution in [3.8, 4) is 0 Å². The van der Waals surface area contributed by atoms with Gasteiger partial charge in [0.1, 0.15) is 11.5 Å². The summed E-state index contributed by atoms with van der Waals surface area (Å²) in [5.41, 5.74) is 3.63. The van der Waals surface area contributed by atoms with Crippen LogP contribution in [0.4, 0.5) is 0 Å². The normalized spacial score (nSPS) is 15.3. The Morgan fingerprint density at radius 1 is 0.677 bits per heavy atom. The number of hydrogen-bond donors (Lipinski definition) is 0. The predicted octanol–water partition coefficient (Wildman–Crippen LogP) is 4.61. The van der Waals surface area contributed by atoms with Gasteiger partial charge in [0.05, 0.1) is 25.4 Å². The maximum atomic E-state index is 12.4. The van der Waals surface area contributed by atoms with Gasteiger partial charge in [0.15, 0.2) is 0 Å². The molecule has 2 aliphatic rings. The Bertz CT molecular complexity index is 1120. The van der Waals surface area contributed by atoms with Crippen molar-refractivity contribution in [1.82, 2.24) is 0 Å². The molecule has 2 aromatic rings. The molecule has 4 rings (SSSR count). The predicted molar refractivity (Wildman–Crippen MR) is 117 cm³/mol. The number of hydrogen-bond acceptors (Lipinski definition) is 5. The van der Waals surface area contributed by atoms with Crippen molar-refractivity contribution >= 4 is 23.5 Å². The minimum absolute atomic E-state index is 0.279. The quantitative estimate of drug-likeness (QED) is 0.687. The molecule has 0 amide bonds. The van der Waals surface area contributed by atoms with E-state index in [4.69, 9.17) is 14.2 Å². The SMILES string of the molecule is COC(=O)C1=CC(=C2C=C(c3ccccc3)OC(c3ccccc3)=C2)C(C(=O)OC)=C1. The Labute approximate surface area is 180 Å². The van der Waals surface area contributed by atoms with Gasteiger partial charge in [0.25, 0.3) is 0 Å². The average molecular weight is 412 g/mol. The second-order valence-corrected chi connectivity index (χ2v) is 6.86. The highest BCUT2D eigenvalue weighted by Gasteiger charge is 2.27. The van der Waals surface area contributed by atoms with Gasteiger partial charge in [0.2, 0.25) is 0 Å². The first-order chi connectivity index (χ1) is 15.1. The van der Waals surface area contributed by atoms with E-state index in [1.807, 2.05) is 72.8 Å². The number of methoxy groups -OCH3 is 2. The van der Waals surface area contributed by atoms with Crippen LogP contribution in [0, 0.1) is 0 Å². The van der Waals surface area contributed by atoms with E-state index in [0.717, 1.165) is 16.7 Å². The largest absolute Gasteiger partial charge is 0.465 e. The molecule has 0 fully saturated rings. The summed E-state index contributed by atoms with van der Waals surface area (Å²) in [7, 11) is 2.61. The summed E-state index contributed by atoms with van der Waals surface area (Å²) in [6.45, 7) is 0. The molecule has 5 heteroatoms. The van der Waals surface area contributed by atoms with Gasteiger partial charge in [-0.2, -0.15) is 0 Å². The standard InChI is InChI=1S/C26H20O5/c1-29-25(27)20-13-21(22(14-20)26(28)30-2)19-15-23(17-9-5-3-6-10-17)31-24(16-19)18-11-7-4-8-12-18/h3-16H,1-2H3. The molecule has 1 aliphatic carbocycles. The number of ether oxygens (including phenoxy) is 3. The summed E-state index contributed by atoms with van der Waals surface area (Å²) < 4.78 is 16.0. The van der Waals surface area contributed by atoms with E-state index in [9.17, 15) is 9.59 Å². The summed E-state index contributed by atoms with van der Waals surface area (Å²) in [6.07, 6.45) is 6.83. The zero-order chi connectivity index (χ0) is 21.8. The molecule has 0 N–H and O–H groups in total. The van der Waals surface area contributed by atoms with Gasteiger partial charge < -0.3 is 14.2 Å². The maximum Gasteiger partial charge on any atom is 0.338 e. The minimum atomic E-state index is -0.534. The highest BCUT2D eigenvalue weighted by atomic mass is 16.5. The second kappa shape index (κ2) is 8.71. The molecule has 31 heavy (non-hydrogen) atoms. The summed E-state index contributed by atoms with van der Waals surface area (Å²) in [5, 5.41) is 0. The molecule has 154 valence electrons. The summed E-state index contributed by atoms with van der Waals surface area (Å²) in [4.78, 5) is 24.5. The van der Waals surface area contributed by atoms with Crippen LogP contribution in [0.15, 0.2) is 107 Å². The third kappa shape index (κ3) is 4.12. The van der Waals surface area contributed by atoms with Gasteiger partial charge in [-0.1, -0.05) is 60.7 Å². The lowest BCUT2D eigenvalue weighted by Crippen LogP contribution is -2.07. The van der Waals surface area contributed by atoms with E-state index in [-0.39, 0.29) is 11.1 Å².